The van der Waals surface area contributed by atoms with Gasteiger partial charge >= 0.3 is 17.9 Å². The first-order valence-corrected chi connectivity index (χ1v) is 27.1. The van der Waals surface area contributed by atoms with E-state index in [-0.39, 0.29) is 84.2 Å². The van der Waals surface area contributed by atoms with E-state index in [2.05, 4.69) is 114 Å². The third-order valence-electron chi connectivity index (χ3n) is 11.9. The average Bonchev–Trinajstić information content (AvgIpc) is 4.07. The summed E-state index contributed by atoms with van der Waals surface area (Å²) in [5.41, 5.74) is 3.22. The Hall–Kier alpha value is -5.97. The van der Waals surface area contributed by atoms with Crippen LogP contribution in [0.4, 0.5) is 0 Å². The number of likely N-dealkylation sites (tertiary alicyclic amines) is 1. The highest BCUT2D eigenvalue weighted by molar-refractivity contribution is 9.10. The molecule has 0 spiro atoms. The minimum atomic E-state index is -1.07. The molecular weight excluding hydrogens is 1160 g/mol. The largest absolute Gasteiger partial charge is 0.480 e. The van der Waals surface area contributed by atoms with Crippen LogP contribution in [0.3, 0.4) is 0 Å². The van der Waals surface area contributed by atoms with Crippen molar-refractivity contribution >= 4 is 103 Å². The first kappa shape index (κ1) is 60.9. The van der Waals surface area contributed by atoms with Crippen molar-refractivity contribution in [3.05, 3.63) is 137 Å². The number of nitrogens with one attached hydrogen (secondary N) is 3. The highest BCUT2D eigenvalue weighted by Gasteiger charge is 2.39. The normalized spacial score (nSPS) is 14.1. The van der Waals surface area contributed by atoms with Crippen molar-refractivity contribution in [2.45, 2.75) is 77.3 Å². The van der Waals surface area contributed by atoms with Crippen molar-refractivity contribution in [2.75, 3.05) is 40.4 Å². The Morgan fingerprint density at radius 3 is 1.34 bits per heavy atom. The van der Waals surface area contributed by atoms with Crippen molar-refractivity contribution in [2.24, 2.45) is 11.8 Å². The van der Waals surface area contributed by atoms with Crippen molar-refractivity contribution in [3.8, 4) is 22.8 Å². The molecule has 4 N–H and O–H groups in total. The lowest BCUT2D eigenvalue weighted by molar-refractivity contribution is -0.156. The number of methoxy groups -OCH3 is 2. The zero-order chi connectivity index (χ0) is 54.6. The molecule has 4 aromatic heterocycles. The van der Waals surface area contributed by atoms with E-state index in [1.807, 2.05) is 60.7 Å². The number of carboxylic acids is 1. The Kier molecular flexibility index (Phi) is 21.9. The molecule has 2 aliphatic heterocycles. The second-order valence-corrected chi connectivity index (χ2v) is 23.8. The summed E-state index contributed by atoms with van der Waals surface area (Å²) in [6.07, 6.45) is 7.20. The number of aliphatic carboxylic acids is 1. The fourth-order valence-corrected chi connectivity index (χ4v) is 9.72. The number of halogens is 3. The third kappa shape index (κ3) is 17.0. The zero-order valence-electron chi connectivity index (χ0n) is 43.2. The lowest BCUT2D eigenvalue weighted by Crippen LogP contribution is -2.59. The van der Waals surface area contributed by atoms with E-state index < -0.39 is 18.1 Å². The lowest BCUT2D eigenvalue weighted by Gasteiger charge is -2.39. The number of ether oxygens (including phenoxy) is 2. The van der Waals surface area contributed by atoms with Crippen LogP contribution < -0.4 is 16.0 Å². The molecular formula is C54H61Br2ClN8O9S2. The van der Waals surface area contributed by atoms with Crippen LogP contribution >= 0.6 is 66.9 Å². The van der Waals surface area contributed by atoms with Gasteiger partial charge in [-0.15, -0.1) is 35.1 Å². The van der Waals surface area contributed by atoms with Gasteiger partial charge in [0.2, 0.25) is 5.91 Å². The monoisotopic (exact) mass is 1220 g/mol. The number of benzene rings is 2. The molecule has 404 valence electrons. The van der Waals surface area contributed by atoms with Gasteiger partial charge < -0.3 is 35.4 Å². The zero-order valence-corrected chi connectivity index (χ0v) is 48.8. The van der Waals surface area contributed by atoms with Crippen LogP contribution in [0.1, 0.15) is 81.8 Å². The van der Waals surface area contributed by atoms with Gasteiger partial charge in [0.15, 0.2) is 11.6 Å². The Labute approximate surface area is 473 Å². The van der Waals surface area contributed by atoms with Crippen LogP contribution in [0.2, 0.25) is 0 Å². The molecule has 2 fully saturated rings. The average molecular weight is 1230 g/mol. The molecule has 0 unspecified atom stereocenters. The van der Waals surface area contributed by atoms with Gasteiger partial charge in [-0.1, -0.05) is 90.1 Å². The van der Waals surface area contributed by atoms with Crippen molar-refractivity contribution in [1.29, 1.82) is 0 Å². The van der Waals surface area contributed by atoms with E-state index in [1.54, 1.807) is 41.8 Å². The number of aromatic nitrogens is 4. The maximum atomic E-state index is 13.4. The third-order valence-corrected chi connectivity index (χ3v) is 15.8. The molecule has 2 atom stereocenters. The van der Waals surface area contributed by atoms with Gasteiger partial charge in [0.05, 0.1) is 44.8 Å². The van der Waals surface area contributed by atoms with E-state index in [0.29, 0.717) is 27.8 Å². The van der Waals surface area contributed by atoms with Crippen molar-refractivity contribution in [1.82, 2.24) is 40.8 Å². The molecule has 17 nitrogen and oxygen atoms in total. The summed E-state index contributed by atoms with van der Waals surface area (Å²) >= 11 is 9.45. The number of hydrogen-bond acceptors (Lipinski definition) is 15. The summed E-state index contributed by atoms with van der Waals surface area (Å²) in [5, 5.41) is 18.1. The lowest BCUT2D eigenvalue weighted by atomic mass is 9.95. The summed E-state index contributed by atoms with van der Waals surface area (Å²) in [6, 6.07) is 20.6. The first-order chi connectivity index (χ1) is 35.5. The number of esters is 2. The predicted octanol–water partition coefficient (Wildman–Crippen LogP) is 8.73. The Morgan fingerprint density at radius 2 is 1.01 bits per heavy atom. The van der Waals surface area contributed by atoms with Gasteiger partial charge in [-0.25, -0.2) is 24.7 Å². The molecule has 0 saturated carbocycles. The van der Waals surface area contributed by atoms with E-state index in [1.165, 1.54) is 36.9 Å². The first-order valence-electron chi connectivity index (χ1n) is 23.9. The SMILES string of the molecule is CC(C)(C)c1ccc(C(=O)N[C@@H](Cc2ccc(-c3ncc(Br)cn3)cc2)C(=O)O)s1.COC(=O)C1CN(C(=O)[C@H](Cc2ccc(-c3ncc(Br)cn3)cc2)NC(=O)c2ccc(C(C)(C)C)s2)C1.COC(=O)C1CNC1.Cl. The Bertz CT molecular complexity index is 2940. The van der Waals surface area contributed by atoms with E-state index in [4.69, 9.17) is 4.74 Å². The van der Waals surface area contributed by atoms with Gasteiger partial charge in [0.25, 0.3) is 11.8 Å². The molecule has 76 heavy (non-hydrogen) atoms. The number of nitrogens with zero attached hydrogens (tertiary/aromatic N) is 5. The van der Waals surface area contributed by atoms with E-state index in [0.717, 1.165) is 54.0 Å². The molecule has 2 saturated heterocycles. The second kappa shape index (κ2) is 27.4. The molecule has 8 rings (SSSR count). The number of carboxylic acid groups (broad SMARTS) is 1. The smallest absolute Gasteiger partial charge is 0.326 e. The molecule has 0 aliphatic carbocycles. The Morgan fingerprint density at radius 1 is 0.632 bits per heavy atom. The maximum Gasteiger partial charge on any atom is 0.326 e. The quantitative estimate of drug-likeness (QED) is 0.0748. The van der Waals surface area contributed by atoms with E-state index >= 15 is 0 Å². The summed E-state index contributed by atoms with van der Waals surface area (Å²) in [5.74, 6) is -1.41. The summed E-state index contributed by atoms with van der Waals surface area (Å²) in [4.78, 5) is 95.1. The van der Waals surface area contributed by atoms with Crippen molar-refractivity contribution in [3.63, 3.8) is 0 Å². The Balaban J connectivity index is 0.000000245. The van der Waals surface area contributed by atoms with Crippen LogP contribution in [-0.2, 0) is 52.3 Å². The molecule has 22 heteroatoms. The highest BCUT2D eigenvalue weighted by Crippen LogP contribution is 2.31. The molecule has 2 aliphatic rings. The van der Waals surface area contributed by atoms with Crippen LogP contribution in [0, 0.1) is 11.8 Å². The summed E-state index contributed by atoms with van der Waals surface area (Å²) in [6.45, 7) is 14.6. The molecule has 3 amide bonds. The minimum absolute atomic E-state index is 0. The molecule has 0 bridgehead atoms. The van der Waals surface area contributed by atoms with Gasteiger partial charge in [-0.3, -0.25) is 24.0 Å². The van der Waals surface area contributed by atoms with Crippen LogP contribution in [-0.4, -0.2) is 118 Å². The number of carbonyl (C=O) groups is 6. The number of amides is 3. The fraction of sp³-hybridized carbons (Fsp3) is 0.370. The molecule has 0 radical (unpaired) electrons. The maximum absolute atomic E-state index is 13.4. The predicted molar refractivity (Wildman–Crippen MR) is 302 cm³/mol. The van der Waals surface area contributed by atoms with Crippen LogP contribution in [0.25, 0.3) is 22.8 Å². The number of rotatable bonds is 14. The number of thiophene rings is 2. The fourth-order valence-electron chi connectivity index (χ4n) is 7.38. The molecule has 6 aromatic rings. The minimum Gasteiger partial charge on any atom is -0.480 e. The van der Waals surface area contributed by atoms with Gasteiger partial charge in [0.1, 0.15) is 12.1 Å². The van der Waals surface area contributed by atoms with Gasteiger partial charge in [0, 0.05) is 84.7 Å². The second-order valence-electron chi connectivity index (χ2n) is 19.8. The molecule has 2 aromatic carbocycles. The summed E-state index contributed by atoms with van der Waals surface area (Å²) < 4.78 is 10.9. The van der Waals surface area contributed by atoms with Crippen LogP contribution in [0.15, 0.2) is 107 Å². The number of hydrogen-bond donors (Lipinski definition) is 4. The van der Waals surface area contributed by atoms with Crippen molar-refractivity contribution < 1.29 is 43.3 Å². The topological polar surface area (TPSA) is 232 Å². The van der Waals surface area contributed by atoms with E-state index in [9.17, 15) is 33.9 Å². The number of carbonyl (C=O) groups excluding carboxylic acids is 5. The standard InChI is InChI=1S/C27H29BrN4O4S.C22H22BrN3O3S.C5H9NO2.ClH/c1-27(2,3)22-10-9-21(37-22)24(33)31-20(25(34)32-14-18(15-32)26(35)36-4)11-16-5-7-17(8-6-16)23-29-12-19(28)13-30-23;1-22(2,3)18-9-8-17(30-18)20(27)26-16(21(28)29)10-13-4-6-14(7-5-13)19-24-11-15(23)12-25-19;1-8-5(7)4-2-6-3-4;/h5-10,12-13,18,20H,11,14-15H2,1-4H3,(H,31,33);4-9,11-12,16H,10H2,1-3H3,(H,26,27)(H,28,29);4,6H,2-3H2,1H3;1H/t20-;16-;;/m00../s1. The summed E-state index contributed by atoms with van der Waals surface area (Å²) in [7, 11) is 2.76. The van der Waals surface area contributed by atoms with Crippen LogP contribution in [0.5, 0.6) is 0 Å². The molecule has 6 heterocycles. The highest BCUT2D eigenvalue weighted by atomic mass is 79.9. The van der Waals surface area contributed by atoms with Gasteiger partial charge in [-0.05, 0) is 78.1 Å². The van der Waals surface area contributed by atoms with Gasteiger partial charge in [-0.2, -0.15) is 0 Å².